The Morgan fingerprint density at radius 1 is 1.35 bits per heavy atom. The third-order valence-corrected chi connectivity index (χ3v) is 5.77. The quantitative estimate of drug-likeness (QED) is 0.240. The van der Waals surface area contributed by atoms with Crippen LogP contribution in [0.1, 0.15) is 12.8 Å². The van der Waals surface area contributed by atoms with Gasteiger partial charge >= 0.3 is 144 Å². The van der Waals surface area contributed by atoms with Crippen LogP contribution in [-0.4, -0.2) is 48.3 Å². The molecular weight excluding hydrogens is 387 g/mol. The molecule has 0 aliphatic heterocycles. The molecule has 2 amide bonds. The summed E-state index contributed by atoms with van der Waals surface area (Å²) in [4.78, 5) is 34.2. The van der Waals surface area contributed by atoms with E-state index in [-0.39, 0.29) is 32.7 Å². The number of rotatable bonds is 8. The number of amides is 2. The summed E-state index contributed by atoms with van der Waals surface area (Å²) in [5.74, 6) is 0.152. The fourth-order valence-corrected chi connectivity index (χ4v) is 4.42. The number of hydrogen-bond acceptors (Lipinski definition) is 4. The second kappa shape index (κ2) is 8.86. The van der Waals surface area contributed by atoms with Crippen molar-refractivity contribution in [3.05, 3.63) is 39.5 Å². The molecule has 1 N–H and O–H groups in total. The van der Waals surface area contributed by atoms with Crippen LogP contribution in [0, 0.1) is 4.91 Å². The Balaban J connectivity index is 1.77. The van der Waals surface area contributed by atoms with Gasteiger partial charge < -0.3 is 0 Å². The molecule has 9 heteroatoms. The number of carbonyl (C=O) groups is 1. The maximum absolute atomic E-state index is 12.2. The number of alkyl halides is 1. The molecule has 2 aromatic rings. The molecule has 0 aliphatic carbocycles. The first-order valence-corrected chi connectivity index (χ1v) is 9.36. The van der Waals surface area contributed by atoms with Crippen LogP contribution < -0.4 is 10.9 Å². The third-order valence-electron chi connectivity index (χ3n) is 3.25. The molecule has 0 spiro atoms. The van der Waals surface area contributed by atoms with E-state index in [0.29, 0.717) is 13.1 Å². The number of nitrogens with one attached hydrogen (secondary N) is 1. The van der Waals surface area contributed by atoms with Crippen LogP contribution in [0.25, 0.3) is 9.65 Å². The van der Waals surface area contributed by atoms with Crippen molar-refractivity contribution in [3.8, 4) is 0 Å². The van der Waals surface area contributed by atoms with Crippen molar-refractivity contribution in [2.45, 2.75) is 19.4 Å². The molecule has 0 fully saturated rings. The first-order chi connectivity index (χ1) is 11.2. The molecule has 1 aromatic carbocycles. The molecule has 0 atom stereocenters. The van der Waals surface area contributed by atoms with E-state index >= 15 is 0 Å². The molecule has 0 aliphatic rings. The zero-order chi connectivity index (χ0) is 16.7. The van der Waals surface area contributed by atoms with Crippen LogP contribution in [0.4, 0.5) is 4.79 Å². The zero-order valence-electron chi connectivity index (χ0n) is 12.4. The summed E-state index contributed by atoms with van der Waals surface area (Å²) < 4.78 is 2.98. The molecule has 0 radical (unpaired) electrons. The molecule has 0 bridgehead atoms. The van der Waals surface area contributed by atoms with E-state index < -0.39 is 6.03 Å². The van der Waals surface area contributed by atoms with Crippen LogP contribution in [0.2, 0.25) is 0 Å². The first kappa shape index (κ1) is 17.7. The van der Waals surface area contributed by atoms with Gasteiger partial charge in [-0.05, 0) is 0 Å². The second-order valence-electron chi connectivity index (χ2n) is 4.83. The van der Waals surface area contributed by atoms with E-state index in [1.807, 2.05) is 27.8 Å². The summed E-state index contributed by atoms with van der Waals surface area (Å²) >= 11 is 5.51. The van der Waals surface area contributed by atoms with Crippen molar-refractivity contribution in [1.82, 2.24) is 13.9 Å². The van der Waals surface area contributed by atoms with Crippen molar-refractivity contribution >= 4 is 42.0 Å². The van der Waals surface area contributed by atoms with E-state index in [4.69, 9.17) is 11.6 Å². The number of halogens is 1. The van der Waals surface area contributed by atoms with Crippen molar-refractivity contribution in [2.24, 2.45) is 5.29 Å². The van der Waals surface area contributed by atoms with Gasteiger partial charge in [0.05, 0.1) is 0 Å². The predicted octanol–water partition coefficient (Wildman–Crippen LogP) is 1.77. The predicted molar refractivity (Wildman–Crippen MR) is 91.0 cm³/mol. The van der Waals surface area contributed by atoms with E-state index in [1.165, 1.54) is 0 Å². The normalized spacial score (nSPS) is 10.7. The Morgan fingerprint density at radius 3 is 2.83 bits per heavy atom. The number of aromatic nitrogens is 1. The minimum absolute atomic E-state index is 0.0372. The van der Waals surface area contributed by atoms with Gasteiger partial charge in [-0.2, -0.15) is 0 Å². The standard InChI is InChI=1S/C14H17ClN4O3Se/c15-7-10-18(17-22)14(21)16-8-3-4-9-19-13(20)11-5-1-2-6-12(11)23-19/h1-2,5-6H,3-4,7-10H2,(H,16,21). The zero-order valence-corrected chi connectivity index (χ0v) is 14.9. The van der Waals surface area contributed by atoms with Gasteiger partial charge in [-0.15, -0.1) is 0 Å². The average molecular weight is 404 g/mol. The number of aryl methyl sites for hydroxylation is 1. The number of nitroso groups, excluding NO2 is 1. The number of urea groups is 1. The molecular formula is C14H17ClN4O3Se. The fraction of sp³-hybridized carbons (Fsp3) is 0.429. The van der Waals surface area contributed by atoms with E-state index in [9.17, 15) is 14.5 Å². The molecule has 0 saturated carbocycles. The molecule has 124 valence electrons. The Morgan fingerprint density at radius 2 is 2.13 bits per heavy atom. The van der Waals surface area contributed by atoms with Crippen molar-refractivity contribution in [1.29, 1.82) is 0 Å². The molecule has 23 heavy (non-hydrogen) atoms. The van der Waals surface area contributed by atoms with Crippen LogP contribution in [0.5, 0.6) is 0 Å². The Kier molecular flexibility index (Phi) is 6.83. The van der Waals surface area contributed by atoms with Crippen molar-refractivity contribution in [2.75, 3.05) is 19.0 Å². The maximum atomic E-state index is 12.2. The molecule has 2 rings (SSSR count). The van der Waals surface area contributed by atoms with Crippen LogP contribution in [-0.2, 0) is 6.54 Å². The summed E-state index contributed by atoms with van der Waals surface area (Å²) in [6, 6.07) is 7.12. The molecule has 0 unspecified atom stereocenters. The van der Waals surface area contributed by atoms with E-state index in [2.05, 4.69) is 10.6 Å². The van der Waals surface area contributed by atoms with Crippen LogP contribution >= 0.6 is 11.6 Å². The Hall–Kier alpha value is -1.63. The fourth-order valence-electron chi connectivity index (χ4n) is 2.09. The van der Waals surface area contributed by atoms with Gasteiger partial charge in [0.2, 0.25) is 0 Å². The number of fused-ring (bicyclic) bond motifs is 1. The van der Waals surface area contributed by atoms with Gasteiger partial charge in [0, 0.05) is 0 Å². The monoisotopic (exact) mass is 404 g/mol. The molecule has 1 aromatic heterocycles. The summed E-state index contributed by atoms with van der Waals surface area (Å²) in [7, 11) is 0. The van der Waals surface area contributed by atoms with E-state index in [0.717, 1.165) is 27.5 Å². The molecule has 1 heterocycles. The number of carbonyl (C=O) groups excluding carboxylic acids is 1. The van der Waals surface area contributed by atoms with Crippen LogP contribution in [0.15, 0.2) is 34.3 Å². The van der Waals surface area contributed by atoms with Crippen molar-refractivity contribution < 1.29 is 4.79 Å². The van der Waals surface area contributed by atoms with Gasteiger partial charge in [-0.1, -0.05) is 0 Å². The minimum atomic E-state index is -0.547. The van der Waals surface area contributed by atoms with Gasteiger partial charge in [-0.25, -0.2) is 0 Å². The average Bonchev–Trinajstić information content (AvgIpc) is 2.88. The van der Waals surface area contributed by atoms with Gasteiger partial charge in [0.25, 0.3) is 0 Å². The van der Waals surface area contributed by atoms with E-state index in [1.54, 1.807) is 0 Å². The number of nitrogens with zero attached hydrogens (tertiary/aromatic N) is 3. The topological polar surface area (TPSA) is 83.8 Å². The van der Waals surface area contributed by atoms with Gasteiger partial charge in [0.15, 0.2) is 0 Å². The van der Waals surface area contributed by atoms with Gasteiger partial charge in [0.1, 0.15) is 0 Å². The summed E-state index contributed by atoms with van der Waals surface area (Å²) in [6.07, 6.45) is 1.50. The number of benzene rings is 1. The summed E-state index contributed by atoms with van der Waals surface area (Å²) in [5, 5.41) is 6.78. The first-order valence-electron chi connectivity index (χ1n) is 7.21. The van der Waals surface area contributed by atoms with Crippen LogP contribution in [0.3, 0.4) is 0 Å². The van der Waals surface area contributed by atoms with Gasteiger partial charge in [-0.3, -0.25) is 0 Å². The number of unbranched alkanes of at least 4 members (excludes halogenated alkanes) is 1. The molecule has 0 saturated heterocycles. The Labute approximate surface area is 144 Å². The third kappa shape index (κ3) is 4.67. The number of hydrogen-bond donors (Lipinski definition) is 1. The molecule has 7 nitrogen and oxygen atoms in total. The van der Waals surface area contributed by atoms with Crippen molar-refractivity contribution in [3.63, 3.8) is 0 Å². The summed E-state index contributed by atoms with van der Waals surface area (Å²) in [5.41, 5.74) is 0.0862. The summed E-state index contributed by atoms with van der Waals surface area (Å²) in [6.45, 7) is 1.18. The Bertz CT molecular complexity index is 730. The SMILES string of the molecule is O=NN(CCCl)C(=O)NCCCCn1[se]c2ccccc2c1=O. The second-order valence-corrected chi connectivity index (χ2v) is 7.44.